The number of nitrogens with zero attached hydrogens (tertiary/aromatic N) is 5. The lowest BCUT2D eigenvalue weighted by Crippen LogP contribution is -2.38. The molecule has 198 valence electrons. The highest BCUT2D eigenvalue weighted by molar-refractivity contribution is 6.30. The van der Waals surface area contributed by atoms with Crippen molar-refractivity contribution in [3.05, 3.63) is 92.5 Å². The van der Waals surface area contributed by atoms with Gasteiger partial charge in [0.2, 0.25) is 11.9 Å². The number of halogens is 1. The number of rotatable bonds is 5. The number of aromatic nitrogens is 6. The fraction of sp³-hybridized carbons (Fsp3) is 0.276. The van der Waals surface area contributed by atoms with Crippen LogP contribution in [0.25, 0.3) is 22.7 Å². The molecule has 1 fully saturated rings. The van der Waals surface area contributed by atoms with Gasteiger partial charge in [-0.1, -0.05) is 42.6 Å². The van der Waals surface area contributed by atoms with Crippen molar-refractivity contribution in [1.82, 2.24) is 29.5 Å². The highest BCUT2D eigenvalue weighted by Crippen LogP contribution is 2.42. The Labute approximate surface area is 229 Å². The lowest BCUT2D eigenvalue weighted by atomic mass is 9.78. The Bertz CT molecular complexity index is 1780. The third-order valence-corrected chi connectivity index (χ3v) is 7.97. The normalized spacial score (nSPS) is 14.7. The van der Waals surface area contributed by atoms with Crippen LogP contribution in [0, 0.1) is 20.8 Å². The summed E-state index contributed by atoms with van der Waals surface area (Å²) in [6.07, 6.45) is 4.91. The average molecular weight is 542 g/mol. The van der Waals surface area contributed by atoms with Gasteiger partial charge in [-0.2, -0.15) is 19.9 Å². The van der Waals surface area contributed by atoms with Crippen LogP contribution >= 0.6 is 11.6 Å². The molecule has 0 bridgehead atoms. The number of fused-ring (bicyclic) bond motifs is 1. The zero-order valence-corrected chi connectivity index (χ0v) is 22.7. The first-order chi connectivity index (χ1) is 18.7. The number of aromatic amines is 1. The smallest absolute Gasteiger partial charge is 0.263 e. The van der Waals surface area contributed by atoms with E-state index in [0.717, 1.165) is 48.1 Å². The van der Waals surface area contributed by atoms with E-state index in [1.54, 1.807) is 10.7 Å². The molecule has 39 heavy (non-hydrogen) atoms. The number of nitrogens with one attached hydrogen (secondary N) is 2. The quantitative estimate of drug-likeness (QED) is 0.313. The Balaban J connectivity index is 1.41. The first-order valence-corrected chi connectivity index (χ1v) is 13.3. The number of benzene rings is 2. The zero-order valence-electron chi connectivity index (χ0n) is 22.0. The molecule has 1 aliphatic rings. The molecule has 0 aliphatic heterocycles. The van der Waals surface area contributed by atoms with Crippen molar-refractivity contribution in [2.75, 3.05) is 5.32 Å². The second-order valence-electron chi connectivity index (χ2n) is 10.3. The molecule has 0 saturated heterocycles. The Morgan fingerprint density at radius 2 is 1.74 bits per heavy atom. The first-order valence-electron chi connectivity index (χ1n) is 13.0. The number of H-pyrrole nitrogens is 1. The van der Waals surface area contributed by atoms with E-state index in [2.05, 4.69) is 20.5 Å². The number of carbonyl (C=O) groups excluding carboxylic acids is 1. The topological polar surface area (TPSA) is 110 Å². The van der Waals surface area contributed by atoms with Gasteiger partial charge in [0.05, 0.1) is 23.0 Å². The molecule has 0 radical (unpaired) electrons. The average Bonchev–Trinajstić information content (AvgIpc) is 3.65. The number of amides is 1. The van der Waals surface area contributed by atoms with Gasteiger partial charge in [0.15, 0.2) is 5.65 Å². The molecule has 5 aromatic rings. The fourth-order valence-electron chi connectivity index (χ4n) is 5.43. The molecule has 0 unspecified atom stereocenters. The van der Waals surface area contributed by atoms with Crippen LogP contribution in [0.3, 0.4) is 0 Å². The van der Waals surface area contributed by atoms with E-state index in [-0.39, 0.29) is 17.4 Å². The summed E-state index contributed by atoms with van der Waals surface area (Å²) in [4.78, 5) is 34.5. The maximum Gasteiger partial charge on any atom is 0.263 e. The highest BCUT2D eigenvalue weighted by Gasteiger charge is 2.43. The van der Waals surface area contributed by atoms with Gasteiger partial charge in [-0.15, -0.1) is 0 Å². The SMILES string of the molecule is Cc1cc(NC(=O)C2(c3ccc(Cl)cc3)CCCC2)n(-c2nc3c(cnn3-c3ccc(C)c(C)c3)c(=O)[nH]2)n1. The summed E-state index contributed by atoms with van der Waals surface area (Å²) in [5.41, 5.74) is 4.06. The molecule has 1 saturated carbocycles. The van der Waals surface area contributed by atoms with Crippen molar-refractivity contribution in [2.24, 2.45) is 0 Å². The number of hydrogen-bond donors (Lipinski definition) is 2. The highest BCUT2D eigenvalue weighted by atomic mass is 35.5. The van der Waals surface area contributed by atoms with E-state index in [1.807, 2.05) is 63.2 Å². The van der Waals surface area contributed by atoms with Gasteiger partial charge >= 0.3 is 0 Å². The van der Waals surface area contributed by atoms with Crippen LogP contribution in [-0.4, -0.2) is 35.4 Å². The van der Waals surface area contributed by atoms with Gasteiger partial charge in [0, 0.05) is 11.1 Å². The van der Waals surface area contributed by atoms with Crippen LogP contribution in [0.2, 0.25) is 5.02 Å². The second kappa shape index (κ2) is 9.50. The van der Waals surface area contributed by atoms with E-state index < -0.39 is 5.41 Å². The summed E-state index contributed by atoms with van der Waals surface area (Å²) in [6.45, 7) is 5.89. The number of anilines is 1. The summed E-state index contributed by atoms with van der Waals surface area (Å²) in [5, 5.41) is 13.1. The third-order valence-electron chi connectivity index (χ3n) is 7.72. The molecule has 0 spiro atoms. The van der Waals surface area contributed by atoms with Gasteiger partial charge < -0.3 is 5.32 Å². The molecule has 2 aromatic carbocycles. The maximum atomic E-state index is 13.9. The summed E-state index contributed by atoms with van der Waals surface area (Å²) < 4.78 is 3.11. The number of hydrogen-bond acceptors (Lipinski definition) is 5. The first kappa shape index (κ1) is 25.1. The van der Waals surface area contributed by atoms with Crippen LogP contribution < -0.4 is 10.9 Å². The van der Waals surface area contributed by atoms with Crippen molar-refractivity contribution in [3.8, 4) is 11.6 Å². The molecule has 9 nitrogen and oxygen atoms in total. The van der Waals surface area contributed by atoms with Crippen molar-refractivity contribution in [2.45, 2.75) is 51.9 Å². The number of aryl methyl sites for hydroxylation is 3. The molecule has 2 N–H and O–H groups in total. The van der Waals surface area contributed by atoms with Gasteiger partial charge in [0.1, 0.15) is 11.2 Å². The summed E-state index contributed by atoms with van der Waals surface area (Å²) in [6, 6.07) is 15.2. The summed E-state index contributed by atoms with van der Waals surface area (Å²) in [5.74, 6) is 0.498. The molecule has 3 heterocycles. The van der Waals surface area contributed by atoms with Crippen molar-refractivity contribution >= 4 is 34.4 Å². The molecule has 0 atom stereocenters. The Morgan fingerprint density at radius 1 is 1.00 bits per heavy atom. The van der Waals surface area contributed by atoms with Crippen LogP contribution in [0.15, 0.2) is 59.5 Å². The molecule has 1 amide bonds. The zero-order chi connectivity index (χ0) is 27.3. The van der Waals surface area contributed by atoms with E-state index >= 15 is 0 Å². The maximum absolute atomic E-state index is 13.9. The molecule has 10 heteroatoms. The molecular weight excluding hydrogens is 514 g/mol. The minimum absolute atomic E-state index is 0.118. The van der Waals surface area contributed by atoms with E-state index in [4.69, 9.17) is 16.6 Å². The second-order valence-corrected chi connectivity index (χ2v) is 10.7. The van der Waals surface area contributed by atoms with Crippen LogP contribution in [0.1, 0.15) is 48.1 Å². The van der Waals surface area contributed by atoms with Crippen LogP contribution in [-0.2, 0) is 10.2 Å². The molecule has 3 aromatic heterocycles. The standard InChI is InChI=1S/C29H28ClN7O2/c1-17-6-11-22(14-18(17)2)36-25-23(16-31-36)26(38)34-28(33-25)37-24(15-19(3)35-37)32-27(39)29(12-4-5-13-29)20-7-9-21(30)10-8-20/h6-11,14-16H,4-5,12-13H2,1-3H3,(H,32,39)(H,33,34,38). The van der Waals surface area contributed by atoms with Crippen molar-refractivity contribution < 1.29 is 4.79 Å². The lowest BCUT2D eigenvalue weighted by Gasteiger charge is -2.28. The van der Waals surface area contributed by atoms with Crippen LogP contribution in [0.4, 0.5) is 5.82 Å². The van der Waals surface area contributed by atoms with Gasteiger partial charge in [0.25, 0.3) is 5.56 Å². The minimum Gasteiger partial charge on any atom is -0.310 e. The van der Waals surface area contributed by atoms with Gasteiger partial charge in [-0.05, 0) is 74.6 Å². The van der Waals surface area contributed by atoms with Gasteiger partial charge in [-0.25, -0.2) is 4.68 Å². The van der Waals surface area contributed by atoms with E-state index in [9.17, 15) is 9.59 Å². The Hall–Kier alpha value is -4.24. The van der Waals surface area contributed by atoms with E-state index in [0.29, 0.717) is 27.6 Å². The predicted octanol–water partition coefficient (Wildman–Crippen LogP) is 5.32. The summed E-state index contributed by atoms with van der Waals surface area (Å²) in [7, 11) is 0. The van der Waals surface area contributed by atoms with Gasteiger partial charge in [-0.3, -0.25) is 14.6 Å². The largest absolute Gasteiger partial charge is 0.310 e. The fourth-order valence-corrected chi connectivity index (χ4v) is 5.56. The molecular formula is C29H28ClN7O2. The lowest BCUT2D eigenvalue weighted by molar-refractivity contribution is -0.121. The number of carbonyl (C=O) groups is 1. The molecule has 1 aliphatic carbocycles. The Morgan fingerprint density at radius 3 is 2.46 bits per heavy atom. The van der Waals surface area contributed by atoms with E-state index in [1.165, 1.54) is 10.9 Å². The predicted molar refractivity (Wildman–Crippen MR) is 151 cm³/mol. The molecule has 6 rings (SSSR count). The summed E-state index contributed by atoms with van der Waals surface area (Å²) >= 11 is 6.12. The minimum atomic E-state index is -0.666. The van der Waals surface area contributed by atoms with Crippen LogP contribution in [0.5, 0.6) is 0 Å². The third kappa shape index (κ3) is 4.32. The Kier molecular flexibility index (Phi) is 6.10. The van der Waals surface area contributed by atoms with Crippen molar-refractivity contribution in [3.63, 3.8) is 0 Å². The van der Waals surface area contributed by atoms with Crippen molar-refractivity contribution in [1.29, 1.82) is 0 Å². The monoisotopic (exact) mass is 541 g/mol.